The Labute approximate surface area is 188 Å². The van der Waals surface area contributed by atoms with Crippen molar-refractivity contribution in [1.29, 1.82) is 0 Å². The van der Waals surface area contributed by atoms with Crippen molar-refractivity contribution >= 4 is 22.3 Å². The third-order valence-electron chi connectivity index (χ3n) is 5.09. The van der Waals surface area contributed by atoms with Gasteiger partial charge in [0.2, 0.25) is 0 Å². The van der Waals surface area contributed by atoms with Crippen LogP contribution < -0.4 is 14.2 Å². The van der Waals surface area contributed by atoms with E-state index in [2.05, 4.69) is 0 Å². The Morgan fingerprint density at radius 3 is 2.09 bits per heavy atom. The molecule has 0 fully saturated rings. The van der Waals surface area contributed by atoms with Crippen molar-refractivity contribution in [1.82, 2.24) is 0 Å². The highest BCUT2D eigenvalue weighted by atomic mass is 16.7. The highest BCUT2D eigenvalue weighted by molar-refractivity contribution is 6.05. The van der Waals surface area contributed by atoms with Gasteiger partial charge in [0.15, 0.2) is 6.79 Å². The monoisotopic (exact) mass is 436 g/mol. The molecule has 0 saturated heterocycles. The summed E-state index contributed by atoms with van der Waals surface area (Å²) in [6.07, 6.45) is 1.49. The van der Waals surface area contributed by atoms with E-state index in [1.165, 1.54) is 6.08 Å². The van der Waals surface area contributed by atoms with Crippen LogP contribution in [0, 0.1) is 6.92 Å². The van der Waals surface area contributed by atoms with E-state index in [1.54, 1.807) is 28.3 Å². The Balaban J connectivity index is 2.28. The fourth-order valence-corrected chi connectivity index (χ4v) is 3.76. The number of benzene rings is 3. The lowest BCUT2D eigenvalue weighted by Gasteiger charge is -2.21. The molecule has 3 rings (SSSR count). The number of hydrogen-bond donors (Lipinski definition) is 0. The molecule has 0 saturated carbocycles. The van der Waals surface area contributed by atoms with Gasteiger partial charge in [-0.25, -0.2) is 4.79 Å². The van der Waals surface area contributed by atoms with Gasteiger partial charge < -0.3 is 23.7 Å². The number of esters is 1. The van der Waals surface area contributed by atoms with Crippen LogP contribution >= 0.6 is 0 Å². The van der Waals surface area contributed by atoms with E-state index in [4.69, 9.17) is 23.7 Å². The van der Waals surface area contributed by atoms with Crippen LogP contribution in [0.25, 0.3) is 16.3 Å². The van der Waals surface area contributed by atoms with Gasteiger partial charge in [0, 0.05) is 40.7 Å². The van der Waals surface area contributed by atoms with E-state index in [-0.39, 0.29) is 13.4 Å². The van der Waals surface area contributed by atoms with Crippen molar-refractivity contribution in [2.45, 2.75) is 13.8 Å². The van der Waals surface area contributed by atoms with Gasteiger partial charge >= 0.3 is 5.97 Å². The topological polar surface area (TPSA) is 63.2 Å². The predicted octanol–water partition coefficient (Wildman–Crippen LogP) is 5.14. The Hall–Kier alpha value is -3.51. The fraction of sp³-hybridized carbons (Fsp3) is 0.269. The minimum absolute atomic E-state index is 0.152. The molecule has 0 amide bonds. The van der Waals surface area contributed by atoms with Crippen LogP contribution in [0.4, 0.5) is 0 Å². The number of ether oxygens (including phenoxy) is 5. The van der Waals surface area contributed by atoms with Crippen LogP contribution in [0.2, 0.25) is 0 Å². The first-order chi connectivity index (χ1) is 15.5. The van der Waals surface area contributed by atoms with Crippen molar-refractivity contribution in [3.8, 4) is 17.2 Å². The first kappa shape index (κ1) is 23.2. The van der Waals surface area contributed by atoms with Crippen molar-refractivity contribution in [3.05, 3.63) is 71.3 Å². The number of carbonyl (C=O) groups excluding carboxylic acids is 1. The molecular weight excluding hydrogens is 408 g/mol. The van der Waals surface area contributed by atoms with Crippen LogP contribution in [-0.4, -0.2) is 40.7 Å². The molecular formula is C26H28O6. The number of carbonyl (C=O) groups is 1. The van der Waals surface area contributed by atoms with E-state index in [1.807, 2.05) is 55.5 Å². The maximum atomic E-state index is 12.5. The maximum Gasteiger partial charge on any atom is 0.331 e. The molecule has 168 valence electrons. The van der Waals surface area contributed by atoms with Crippen molar-refractivity contribution in [2.75, 3.05) is 34.7 Å². The lowest BCUT2D eigenvalue weighted by atomic mass is 9.89. The molecule has 0 aliphatic heterocycles. The summed E-state index contributed by atoms with van der Waals surface area (Å²) in [7, 11) is 4.83. The molecule has 0 atom stereocenters. The quantitative estimate of drug-likeness (QED) is 0.263. The van der Waals surface area contributed by atoms with Crippen molar-refractivity contribution in [2.24, 2.45) is 0 Å². The van der Waals surface area contributed by atoms with Gasteiger partial charge in [-0.05, 0) is 31.5 Å². The lowest BCUT2D eigenvalue weighted by Crippen LogP contribution is -2.05. The molecule has 0 aliphatic rings. The van der Waals surface area contributed by atoms with Crippen LogP contribution in [0.15, 0.2) is 54.6 Å². The van der Waals surface area contributed by atoms with Gasteiger partial charge in [-0.1, -0.05) is 36.4 Å². The van der Waals surface area contributed by atoms with Gasteiger partial charge in [0.05, 0.1) is 20.8 Å². The van der Waals surface area contributed by atoms with Crippen molar-refractivity contribution < 1.29 is 28.5 Å². The summed E-state index contributed by atoms with van der Waals surface area (Å²) in [5.41, 5.74) is 3.10. The van der Waals surface area contributed by atoms with E-state index < -0.39 is 5.97 Å². The normalized spacial score (nSPS) is 11.3. The fourth-order valence-electron chi connectivity index (χ4n) is 3.76. The predicted molar refractivity (Wildman–Crippen MR) is 124 cm³/mol. The third kappa shape index (κ3) is 4.70. The molecule has 0 radical (unpaired) electrons. The smallest absolute Gasteiger partial charge is 0.331 e. The number of rotatable bonds is 9. The average Bonchev–Trinajstić information content (AvgIpc) is 2.81. The molecule has 0 bridgehead atoms. The number of hydrogen-bond acceptors (Lipinski definition) is 6. The molecule has 0 heterocycles. The Kier molecular flexibility index (Phi) is 7.73. The first-order valence-corrected chi connectivity index (χ1v) is 10.3. The molecule has 6 nitrogen and oxygen atoms in total. The summed E-state index contributed by atoms with van der Waals surface area (Å²) >= 11 is 0. The van der Waals surface area contributed by atoms with Crippen LogP contribution in [0.3, 0.4) is 0 Å². The molecule has 32 heavy (non-hydrogen) atoms. The zero-order chi connectivity index (χ0) is 23.1. The SMILES string of the molecule is CCOC(=O)/C=C(/c1ccc(OCOC)cc1)c1c(C)c(OC)c2ccccc2c1OC. The number of methoxy groups -OCH3 is 3. The summed E-state index contributed by atoms with van der Waals surface area (Å²) in [4.78, 5) is 12.5. The number of fused-ring (bicyclic) bond motifs is 1. The third-order valence-corrected chi connectivity index (χ3v) is 5.09. The second kappa shape index (κ2) is 10.7. The standard InChI is InChI=1S/C26H28O6/c1-6-31-23(27)15-22(18-11-13-19(14-12-18)32-16-28-3)24-17(2)25(29-4)20-9-7-8-10-21(20)26(24)30-5/h7-15H,6,16H2,1-5H3/b22-15-. The summed E-state index contributed by atoms with van der Waals surface area (Å²) in [5, 5.41) is 1.83. The van der Waals surface area contributed by atoms with E-state index in [0.29, 0.717) is 17.1 Å². The molecule has 0 aliphatic carbocycles. The Morgan fingerprint density at radius 2 is 1.53 bits per heavy atom. The summed E-state index contributed by atoms with van der Waals surface area (Å²) in [6.45, 7) is 4.17. The highest BCUT2D eigenvalue weighted by Gasteiger charge is 2.23. The minimum Gasteiger partial charge on any atom is -0.496 e. The molecule has 0 aromatic heterocycles. The molecule has 0 spiro atoms. The van der Waals surface area contributed by atoms with Crippen molar-refractivity contribution in [3.63, 3.8) is 0 Å². The van der Waals surface area contributed by atoms with Crippen LogP contribution in [0.5, 0.6) is 17.2 Å². The maximum absolute atomic E-state index is 12.5. The van der Waals surface area contributed by atoms with E-state index in [0.717, 1.165) is 33.2 Å². The summed E-state index contributed by atoms with van der Waals surface area (Å²) in [6, 6.07) is 15.3. The minimum atomic E-state index is -0.434. The van der Waals surface area contributed by atoms with E-state index >= 15 is 0 Å². The second-order valence-corrected chi connectivity index (χ2v) is 7.00. The van der Waals surface area contributed by atoms with Crippen LogP contribution in [0.1, 0.15) is 23.6 Å². The van der Waals surface area contributed by atoms with Crippen LogP contribution in [-0.2, 0) is 14.3 Å². The second-order valence-electron chi connectivity index (χ2n) is 7.00. The molecule has 3 aromatic carbocycles. The Morgan fingerprint density at radius 1 is 0.906 bits per heavy atom. The zero-order valence-electron chi connectivity index (χ0n) is 19.1. The van der Waals surface area contributed by atoms with E-state index in [9.17, 15) is 4.79 Å². The highest BCUT2D eigenvalue weighted by Crippen LogP contribution is 2.45. The molecule has 6 heteroatoms. The summed E-state index contributed by atoms with van der Waals surface area (Å²) in [5.74, 6) is 1.61. The Bertz CT molecular complexity index is 1120. The zero-order valence-corrected chi connectivity index (χ0v) is 19.1. The lowest BCUT2D eigenvalue weighted by molar-refractivity contribution is -0.137. The van der Waals surface area contributed by atoms with Gasteiger partial charge in [-0.2, -0.15) is 0 Å². The average molecular weight is 437 g/mol. The van der Waals surface area contributed by atoms with Gasteiger partial charge in [0.1, 0.15) is 17.2 Å². The first-order valence-electron chi connectivity index (χ1n) is 10.3. The molecule has 0 unspecified atom stereocenters. The molecule has 0 N–H and O–H groups in total. The summed E-state index contributed by atoms with van der Waals surface area (Å²) < 4.78 is 27.3. The molecule has 3 aromatic rings. The van der Waals surface area contributed by atoms with Gasteiger partial charge in [-0.15, -0.1) is 0 Å². The largest absolute Gasteiger partial charge is 0.496 e. The van der Waals surface area contributed by atoms with Gasteiger partial charge in [-0.3, -0.25) is 0 Å². The van der Waals surface area contributed by atoms with Gasteiger partial charge in [0.25, 0.3) is 0 Å².